The van der Waals surface area contributed by atoms with Gasteiger partial charge in [-0.15, -0.1) is 11.3 Å². The summed E-state index contributed by atoms with van der Waals surface area (Å²) >= 11 is 1.09. The average Bonchev–Trinajstić information content (AvgIpc) is 3.74. The molecule has 4 aromatic rings. The molecule has 2 aromatic carbocycles. The second-order valence-electron chi connectivity index (χ2n) is 13.8. The number of carbonyl (C=O) groups excluding carboxylic acids is 1. The lowest BCUT2D eigenvalue weighted by Gasteiger charge is -2.19. The van der Waals surface area contributed by atoms with Crippen LogP contribution in [-0.2, 0) is 27.4 Å². The zero-order chi connectivity index (χ0) is 34.9. The summed E-state index contributed by atoms with van der Waals surface area (Å²) in [5, 5.41) is 13.6. The number of methoxy groups -OCH3 is 1. The number of ether oxygens (including phenoxy) is 3. The molecule has 1 amide bonds. The minimum Gasteiger partial charge on any atom is -0.444 e. The summed E-state index contributed by atoms with van der Waals surface area (Å²) in [4.78, 5) is 23.6. The van der Waals surface area contributed by atoms with Gasteiger partial charge >= 0.3 is 6.09 Å². The van der Waals surface area contributed by atoms with Crippen LogP contribution >= 0.6 is 11.3 Å². The van der Waals surface area contributed by atoms with Crippen LogP contribution < -0.4 is 10.2 Å². The third-order valence-electron chi connectivity index (χ3n) is 8.46. The largest absolute Gasteiger partial charge is 0.444 e. The molecule has 256 valence electrons. The van der Waals surface area contributed by atoms with Crippen molar-refractivity contribution in [1.29, 1.82) is 5.26 Å². The van der Waals surface area contributed by atoms with Gasteiger partial charge in [0.2, 0.25) is 5.95 Å². The predicted octanol–water partition coefficient (Wildman–Crippen LogP) is 8.95. The number of amides is 1. The molecule has 1 saturated heterocycles. The maximum atomic E-state index is 16.7. The number of carbonyl (C=O) groups is 1. The Kier molecular flexibility index (Phi) is 10.5. The van der Waals surface area contributed by atoms with Crippen molar-refractivity contribution in [3.8, 4) is 17.2 Å². The number of anilines is 2. The average molecular weight is 680 g/mol. The lowest BCUT2D eigenvalue weighted by atomic mass is 9.90. The van der Waals surface area contributed by atoms with Crippen LogP contribution in [0.5, 0.6) is 0 Å². The van der Waals surface area contributed by atoms with Crippen LogP contribution in [0.1, 0.15) is 78.0 Å². The van der Waals surface area contributed by atoms with Crippen LogP contribution in [0.25, 0.3) is 32.1 Å². The predicted molar refractivity (Wildman–Crippen MR) is 185 cm³/mol. The van der Waals surface area contributed by atoms with Gasteiger partial charge in [0.1, 0.15) is 28.0 Å². The third kappa shape index (κ3) is 7.09. The number of nitrogens with zero attached hydrogens (tertiary/aromatic N) is 4. The highest BCUT2D eigenvalue weighted by Gasteiger charge is 2.34. The number of thiophene rings is 1. The molecule has 2 aliphatic heterocycles. The Morgan fingerprint density at radius 2 is 1.94 bits per heavy atom. The van der Waals surface area contributed by atoms with Crippen molar-refractivity contribution in [2.45, 2.75) is 86.2 Å². The van der Waals surface area contributed by atoms with E-state index in [2.05, 4.69) is 49.0 Å². The van der Waals surface area contributed by atoms with Gasteiger partial charge in [0.25, 0.3) is 0 Å². The summed E-state index contributed by atoms with van der Waals surface area (Å²) in [6, 6.07) is 4.83. The van der Waals surface area contributed by atoms with Gasteiger partial charge in [-0.25, -0.2) is 23.5 Å². The fourth-order valence-electron chi connectivity index (χ4n) is 6.30. The highest BCUT2D eigenvalue weighted by molar-refractivity contribution is 7.23. The zero-order valence-corrected chi connectivity index (χ0v) is 29.6. The minimum absolute atomic E-state index is 0.00342. The summed E-state index contributed by atoms with van der Waals surface area (Å²) in [6.07, 6.45) is 3.54. The van der Waals surface area contributed by atoms with Crippen molar-refractivity contribution >= 4 is 49.4 Å². The van der Waals surface area contributed by atoms with Crippen LogP contribution in [0.3, 0.4) is 0 Å². The molecule has 12 heteroatoms. The number of benzene rings is 2. The molecule has 0 radical (unpaired) electrons. The molecule has 1 unspecified atom stereocenters. The summed E-state index contributed by atoms with van der Waals surface area (Å²) in [6.45, 7) is 15.4. The van der Waals surface area contributed by atoms with Gasteiger partial charge in [-0.1, -0.05) is 40.5 Å². The van der Waals surface area contributed by atoms with Gasteiger partial charge in [-0.2, -0.15) is 5.26 Å². The van der Waals surface area contributed by atoms with Crippen LogP contribution in [0.2, 0.25) is 0 Å². The Morgan fingerprint density at radius 3 is 2.54 bits per heavy atom. The highest BCUT2D eigenvalue weighted by atomic mass is 32.1. The Bertz CT molecular complexity index is 1880. The fourth-order valence-corrected chi connectivity index (χ4v) is 7.35. The van der Waals surface area contributed by atoms with Gasteiger partial charge in [-0.05, 0) is 49.9 Å². The number of hydrogen-bond acceptors (Lipinski definition) is 9. The number of hydrogen-bond donors (Lipinski definition) is 1. The first-order valence-corrected chi connectivity index (χ1v) is 17.1. The Hall–Kier alpha value is -3.92. The SMILES string of the molecule is CCCC(C)C.CO[C@H]1CN(c2ncc3c4c(c(-c5c(F)ccc6sc(NC(=O)OC(C)(C)C)c(C#N)c56)c(F)c3n2)COC4)CC1C. The quantitative estimate of drug-likeness (QED) is 0.215. The molecule has 2 aliphatic rings. The van der Waals surface area contributed by atoms with Crippen LogP contribution in [-0.4, -0.2) is 48.0 Å². The number of halogens is 2. The van der Waals surface area contributed by atoms with Gasteiger partial charge < -0.3 is 19.1 Å². The van der Waals surface area contributed by atoms with E-state index in [1.807, 2.05) is 4.90 Å². The Morgan fingerprint density at radius 1 is 1.21 bits per heavy atom. The van der Waals surface area contributed by atoms with E-state index in [4.69, 9.17) is 14.2 Å². The van der Waals surface area contributed by atoms with Crippen LogP contribution in [0, 0.1) is 34.8 Å². The fraction of sp³-hybridized carbons (Fsp3) is 0.500. The molecule has 1 N–H and O–H groups in total. The minimum atomic E-state index is -0.766. The molecule has 0 saturated carbocycles. The monoisotopic (exact) mass is 679 g/mol. The van der Waals surface area contributed by atoms with Crippen molar-refractivity contribution in [2.24, 2.45) is 11.8 Å². The third-order valence-corrected chi connectivity index (χ3v) is 9.53. The first kappa shape index (κ1) is 35.4. The lowest BCUT2D eigenvalue weighted by Crippen LogP contribution is -2.27. The van der Waals surface area contributed by atoms with Crippen molar-refractivity contribution in [3.05, 3.63) is 46.7 Å². The summed E-state index contributed by atoms with van der Waals surface area (Å²) < 4.78 is 49.7. The van der Waals surface area contributed by atoms with Crippen LogP contribution in [0.15, 0.2) is 18.3 Å². The van der Waals surface area contributed by atoms with Crippen LogP contribution in [0.4, 0.5) is 24.5 Å². The normalized spacial score (nSPS) is 17.4. The van der Waals surface area contributed by atoms with Gasteiger partial charge in [0.15, 0.2) is 5.82 Å². The summed E-state index contributed by atoms with van der Waals surface area (Å²) in [5.74, 6) is 0.0554. The number of nitrogens with one attached hydrogen (secondary N) is 1. The number of aromatic nitrogens is 2. The standard InChI is InChI=1S/C30H29F2N5O4S.C6H14/c1-14-10-37(11-20(14)39-5)28-34-9-16-17-12-40-13-18(17)23(25(32)26(16)35-28)24-19(31)6-7-21-22(24)15(8-33)27(42-21)36-29(38)41-30(2,3)4;1-4-5-6(2)3/h6-7,9,14,20H,10-13H2,1-5H3,(H,36,38);6H,4-5H2,1-3H3/t14?,20-;/m0./s1. The van der Waals surface area contributed by atoms with E-state index >= 15 is 8.78 Å². The van der Waals surface area contributed by atoms with E-state index in [0.717, 1.165) is 17.3 Å². The van der Waals surface area contributed by atoms with Gasteiger partial charge in [0.05, 0.1) is 24.9 Å². The van der Waals surface area contributed by atoms with Crippen molar-refractivity contribution < 1.29 is 27.8 Å². The Balaban J connectivity index is 0.000000689. The van der Waals surface area contributed by atoms with E-state index in [0.29, 0.717) is 40.3 Å². The lowest BCUT2D eigenvalue weighted by molar-refractivity contribution is 0.0636. The van der Waals surface area contributed by atoms with E-state index in [1.165, 1.54) is 25.0 Å². The van der Waals surface area contributed by atoms with E-state index in [9.17, 15) is 10.1 Å². The van der Waals surface area contributed by atoms with E-state index in [1.54, 1.807) is 34.1 Å². The summed E-state index contributed by atoms with van der Waals surface area (Å²) in [5.41, 5.74) is 0.368. The second-order valence-corrected chi connectivity index (χ2v) is 14.8. The molecular formula is C36H43F2N5O4S. The first-order chi connectivity index (χ1) is 22.8. The smallest absolute Gasteiger partial charge is 0.412 e. The number of rotatable bonds is 6. The molecule has 48 heavy (non-hydrogen) atoms. The van der Waals surface area contributed by atoms with Crippen molar-refractivity contribution in [2.75, 3.05) is 30.4 Å². The molecule has 2 aromatic heterocycles. The molecule has 9 nitrogen and oxygen atoms in total. The highest BCUT2D eigenvalue weighted by Crippen LogP contribution is 2.47. The summed E-state index contributed by atoms with van der Waals surface area (Å²) in [7, 11) is 1.66. The van der Waals surface area contributed by atoms with E-state index in [-0.39, 0.29) is 57.8 Å². The van der Waals surface area contributed by atoms with Crippen molar-refractivity contribution in [3.63, 3.8) is 0 Å². The van der Waals surface area contributed by atoms with E-state index < -0.39 is 23.3 Å². The zero-order valence-electron chi connectivity index (χ0n) is 28.8. The van der Waals surface area contributed by atoms with Gasteiger partial charge in [0, 0.05) is 58.9 Å². The molecule has 1 fully saturated rings. The number of fused-ring (bicyclic) bond motifs is 4. The molecule has 0 bridgehead atoms. The Labute approximate surface area is 284 Å². The first-order valence-electron chi connectivity index (χ1n) is 16.3. The molecule has 0 aliphatic carbocycles. The topological polar surface area (TPSA) is 110 Å². The maximum absolute atomic E-state index is 16.7. The molecule has 4 heterocycles. The molecular weight excluding hydrogens is 636 g/mol. The second kappa shape index (κ2) is 14.3. The maximum Gasteiger partial charge on any atom is 0.412 e. The van der Waals surface area contributed by atoms with Crippen molar-refractivity contribution in [1.82, 2.24) is 9.97 Å². The molecule has 6 rings (SSSR count). The molecule has 0 spiro atoms. The van der Waals surface area contributed by atoms with Gasteiger partial charge in [-0.3, -0.25) is 5.32 Å². The number of nitriles is 1. The molecule has 2 atom stereocenters.